The maximum absolute atomic E-state index is 12.9. The van der Waals surface area contributed by atoms with E-state index in [-0.39, 0.29) is 11.8 Å². The van der Waals surface area contributed by atoms with Crippen LogP contribution in [0.5, 0.6) is 0 Å². The minimum atomic E-state index is -0.755. The van der Waals surface area contributed by atoms with E-state index in [9.17, 15) is 14.7 Å². The first-order valence-electron chi connectivity index (χ1n) is 8.62. The average molecular weight is 318 g/mol. The summed E-state index contributed by atoms with van der Waals surface area (Å²) in [6.07, 6.45) is 7.46. The Morgan fingerprint density at radius 2 is 2.04 bits per heavy atom. The highest BCUT2D eigenvalue weighted by atomic mass is 16.5. The first-order valence-corrected chi connectivity index (χ1v) is 8.62. The number of aliphatic carboxylic acids is 1. The fourth-order valence-corrected chi connectivity index (χ4v) is 4.67. The number of carbonyl (C=O) groups excluding carboxylic acids is 1. The predicted molar refractivity (Wildman–Crippen MR) is 81.1 cm³/mol. The normalized spacial score (nSPS) is 29.9. The third-order valence-electron chi connectivity index (χ3n) is 5.99. The van der Waals surface area contributed by atoms with Crippen LogP contribution >= 0.6 is 0 Å². The molecule has 3 aliphatic rings. The number of amides is 1. The summed E-state index contributed by atoms with van der Waals surface area (Å²) < 4.78 is 5.40. The van der Waals surface area contributed by atoms with Gasteiger partial charge in [0.25, 0.3) is 5.91 Å². The first kappa shape index (κ1) is 14.7. The second-order valence-electron chi connectivity index (χ2n) is 7.23. The van der Waals surface area contributed by atoms with Crippen molar-refractivity contribution >= 4 is 11.9 Å². The molecule has 0 unspecified atom stereocenters. The molecule has 124 valence electrons. The van der Waals surface area contributed by atoms with Gasteiger partial charge in [-0.25, -0.2) is 0 Å². The second-order valence-corrected chi connectivity index (χ2v) is 7.23. The van der Waals surface area contributed by atoms with E-state index in [0.717, 1.165) is 56.3 Å². The third kappa shape index (κ3) is 2.18. The van der Waals surface area contributed by atoms with Gasteiger partial charge in [0.15, 0.2) is 5.69 Å². The van der Waals surface area contributed by atoms with Crippen molar-refractivity contribution in [1.29, 1.82) is 0 Å². The molecular formula is C17H22N2O4. The van der Waals surface area contributed by atoms with E-state index in [0.29, 0.717) is 25.2 Å². The lowest BCUT2D eigenvalue weighted by Crippen LogP contribution is -2.37. The maximum Gasteiger partial charge on any atom is 0.311 e. The Balaban J connectivity index is 1.59. The van der Waals surface area contributed by atoms with Gasteiger partial charge in [0.2, 0.25) is 0 Å². The van der Waals surface area contributed by atoms with Gasteiger partial charge < -0.3 is 14.5 Å². The number of carboxylic acid groups (broad SMARTS) is 1. The summed E-state index contributed by atoms with van der Waals surface area (Å²) in [4.78, 5) is 26.4. The van der Waals surface area contributed by atoms with Crippen LogP contribution in [0.1, 0.15) is 60.3 Å². The van der Waals surface area contributed by atoms with Crippen molar-refractivity contribution in [1.82, 2.24) is 10.1 Å². The highest BCUT2D eigenvalue weighted by Crippen LogP contribution is 2.49. The molecule has 1 saturated heterocycles. The number of hydrogen-bond acceptors (Lipinski definition) is 4. The highest BCUT2D eigenvalue weighted by Gasteiger charge is 2.56. The van der Waals surface area contributed by atoms with E-state index in [4.69, 9.17) is 4.52 Å². The number of hydrogen-bond donors (Lipinski definition) is 1. The molecule has 0 radical (unpaired) electrons. The smallest absolute Gasteiger partial charge is 0.311 e. The monoisotopic (exact) mass is 318 g/mol. The molecule has 2 aliphatic carbocycles. The standard InChI is InChI=1S/C17H22N2O4/c20-15(14-12-6-2-1-3-7-13(12)23-18-14)19-9-11-5-4-8-17(11,10-19)16(21)22/h11H,1-10H2,(H,21,22)/t11-,17+/m0/s1. The van der Waals surface area contributed by atoms with Gasteiger partial charge in [-0.3, -0.25) is 9.59 Å². The van der Waals surface area contributed by atoms with Crippen molar-refractivity contribution in [3.8, 4) is 0 Å². The van der Waals surface area contributed by atoms with Gasteiger partial charge in [0, 0.05) is 25.1 Å². The molecule has 1 N–H and O–H groups in total. The number of rotatable bonds is 2. The molecule has 1 aromatic heterocycles. The van der Waals surface area contributed by atoms with Crippen molar-refractivity contribution < 1.29 is 19.2 Å². The molecule has 0 spiro atoms. The van der Waals surface area contributed by atoms with E-state index in [1.165, 1.54) is 0 Å². The molecule has 6 heteroatoms. The molecule has 23 heavy (non-hydrogen) atoms. The Morgan fingerprint density at radius 3 is 2.83 bits per heavy atom. The second kappa shape index (κ2) is 5.35. The fraction of sp³-hybridized carbons (Fsp3) is 0.706. The van der Waals surface area contributed by atoms with Crippen LogP contribution in [0, 0.1) is 11.3 Å². The third-order valence-corrected chi connectivity index (χ3v) is 5.99. The van der Waals surface area contributed by atoms with Gasteiger partial charge >= 0.3 is 5.97 Å². The van der Waals surface area contributed by atoms with Crippen LogP contribution in [0.15, 0.2) is 4.52 Å². The van der Waals surface area contributed by atoms with Crippen LogP contribution in [0.2, 0.25) is 0 Å². The first-order chi connectivity index (χ1) is 11.1. The maximum atomic E-state index is 12.9. The Hall–Kier alpha value is -1.85. The van der Waals surface area contributed by atoms with Crippen LogP contribution in [0.25, 0.3) is 0 Å². The molecule has 4 rings (SSSR count). The topological polar surface area (TPSA) is 83.6 Å². The van der Waals surface area contributed by atoms with Crippen LogP contribution < -0.4 is 0 Å². The van der Waals surface area contributed by atoms with Crippen molar-refractivity contribution in [2.45, 2.75) is 51.4 Å². The molecule has 1 aliphatic heterocycles. The summed E-state index contributed by atoms with van der Waals surface area (Å²) in [5.74, 6) is 0.0221. The van der Waals surface area contributed by atoms with Crippen molar-refractivity contribution in [2.75, 3.05) is 13.1 Å². The van der Waals surface area contributed by atoms with Gasteiger partial charge in [-0.15, -0.1) is 0 Å². The Labute approximate surface area is 134 Å². The van der Waals surface area contributed by atoms with Crippen LogP contribution in [-0.4, -0.2) is 40.1 Å². The van der Waals surface area contributed by atoms with Crippen molar-refractivity contribution in [2.24, 2.45) is 11.3 Å². The number of carboxylic acids is 1. The molecule has 0 aromatic carbocycles. The summed E-state index contributed by atoms with van der Waals surface area (Å²) in [5.41, 5.74) is 0.632. The van der Waals surface area contributed by atoms with E-state index in [1.807, 2.05) is 0 Å². The van der Waals surface area contributed by atoms with Crippen LogP contribution in [0.3, 0.4) is 0 Å². The molecule has 1 amide bonds. The quantitative estimate of drug-likeness (QED) is 0.846. The predicted octanol–water partition coefficient (Wildman–Crippen LogP) is 2.27. The molecule has 1 aromatic rings. The lowest BCUT2D eigenvalue weighted by Gasteiger charge is -2.23. The van der Waals surface area contributed by atoms with Gasteiger partial charge in [0.05, 0.1) is 5.41 Å². The minimum absolute atomic E-state index is 0.0782. The molecule has 0 bridgehead atoms. The number of likely N-dealkylation sites (tertiary alicyclic amines) is 1. The largest absolute Gasteiger partial charge is 0.481 e. The Morgan fingerprint density at radius 1 is 1.22 bits per heavy atom. The van der Waals surface area contributed by atoms with E-state index < -0.39 is 11.4 Å². The van der Waals surface area contributed by atoms with E-state index >= 15 is 0 Å². The van der Waals surface area contributed by atoms with Gasteiger partial charge in [0.1, 0.15) is 5.76 Å². The van der Waals surface area contributed by atoms with Crippen molar-refractivity contribution in [3.05, 3.63) is 17.0 Å². The molecule has 2 atom stereocenters. The lowest BCUT2D eigenvalue weighted by molar-refractivity contribution is -0.149. The zero-order valence-corrected chi connectivity index (χ0v) is 13.2. The molecular weight excluding hydrogens is 296 g/mol. The average Bonchev–Trinajstić information content (AvgIpc) is 3.15. The number of aromatic nitrogens is 1. The Bertz CT molecular complexity index is 653. The highest BCUT2D eigenvalue weighted by molar-refractivity contribution is 5.95. The summed E-state index contributed by atoms with van der Waals surface area (Å²) >= 11 is 0. The SMILES string of the molecule is O=C(c1noc2c1CCCCC2)N1C[C@@H]2CCC[C@@]2(C(=O)O)C1. The number of aryl methyl sites for hydroxylation is 1. The van der Waals surface area contributed by atoms with Gasteiger partial charge in [-0.1, -0.05) is 18.0 Å². The molecule has 2 heterocycles. The fourth-order valence-electron chi connectivity index (χ4n) is 4.67. The van der Waals surface area contributed by atoms with Crippen molar-refractivity contribution in [3.63, 3.8) is 0 Å². The zero-order valence-electron chi connectivity index (χ0n) is 13.2. The van der Waals surface area contributed by atoms with E-state index in [1.54, 1.807) is 4.90 Å². The molecule has 6 nitrogen and oxygen atoms in total. The van der Waals surface area contributed by atoms with Crippen LogP contribution in [-0.2, 0) is 17.6 Å². The molecule has 2 fully saturated rings. The number of carbonyl (C=O) groups is 2. The number of fused-ring (bicyclic) bond motifs is 2. The van der Waals surface area contributed by atoms with Gasteiger partial charge in [-0.2, -0.15) is 0 Å². The van der Waals surface area contributed by atoms with Gasteiger partial charge in [-0.05, 0) is 38.0 Å². The molecule has 1 saturated carbocycles. The number of nitrogens with zero attached hydrogens (tertiary/aromatic N) is 2. The zero-order chi connectivity index (χ0) is 16.0. The summed E-state index contributed by atoms with van der Waals surface area (Å²) in [6, 6.07) is 0. The van der Waals surface area contributed by atoms with Crippen LogP contribution in [0.4, 0.5) is 0 Å². The van der Waals surface area contributed by atoms with E-state index in [2.05, 4.69) is 5.16 Å². The summed E-state index contributed by atoms with van der Waals surface area (Å²) in [6.45, 7) is 0.847. The summed E-state index contributed by atoms with van der Waals surface area (Å²) in [7, 11) is 0. The minimum Gasteiger partial charge on any atom is -0.481 e. The Kier molecular flexibility index (Phi) is 3.43. The lowest BCUT2D eigenvalue weighted by atomic mass is 9.81. The summed E-state index contributed by atoms with van der Waals surface area (Å²) in [5, 5.41) is 13.7.